The minimum atomic E-state index is -0.0809. The lowest BCUT2D eigenvalue weighted by molar-refractivity contribution is 0.0951. The molecule has 0 saturated carbocycles. The number of benzene rings is 1. The van der Waals surface area contributed by atoms with Crippen LogP contribution in [-0.4, -0.2) is 42.1 Å². The number of hydrogen-bond acceptors (Lipinski definition) is 3. The fourth-order valence-electron chi connectivity index (χ4n) is 1.94. The Bertz CT molecular complexity index is 415. The normalized spacial score (nSPS) is 10.7. The standard InChI is InChI=1S/C15H24N2O2/c1-4-17(5-2)10-6-9-16-15(19)13-7-8-14(18)12(3)11-13/h7-8,11,18H,4-6,9-10H2,1-3H3,(H,16,19). The number of amides is 1. The van der Waals surface area contributed by atoms with Crippen LogP contribution in [0.2, 0.25) is 0 Å². The molecule has 0 unspecified atom stereocenters. The number of nitrogens with one attached hydrogen (secondary N) is 1. The minimum Gasteiger partial charge on any atom is -0.508 e. The molecule has 1 amide bonds. The largest absolute Gasteiger partial charge is 0.508 e. The number of carbonyl (C=O) groups is 1. The van der Waals surface area contributed by atoms with Crippen LogP contribution in [0, 0.1) is 6.92 Å². The zero-order valence-corrected chi connectivity index (χ0v) is 12.1. The van der Waals surface area contributed by atoms with Crippen molar-refractivity contribution in [1.29, 1.82) is 0 Å². The van der Waals surface area contributed by atoms with Gasteiger partial charge in [-0.05, 0) is 56.7 Å². The van der Waals surface area contributed by atoms with Gasteiger partial charge in [0.15, 0.2) is 0 Å². The predicted octanol–water partition coefficient (Wildman–Crippen LogP) is 2.16. The zero-order chi connectivity index (χ0) is 14.3. The summed E-state index contributed by atoms with van der Waals surface area (Å²) in [7, 11) is 0. The molecule has 0 aliphatic heterocycles. The summed E-state index contributed by atoms with van der Waals surface area (Å²) in [6.07, 6.45) is 0.949. The highest BCUT2D eigenvalue weighted by Gasteiger charge is 2.07. The second-order valence-corrected chi connectivity index (χ2v) is 4.64. The number of phenolic OH excluding ortho intramolecular Hbond substituents is 1. The Morgan fingerprint density at radius 3 is 2.58 bits per heavy atom. The smallest absolute Gasteiger partial charge is 0.251 e. The van der Waals surface area contributed by atoms with E-state index in [0.29, 0.717) is 12.1 Å². The highest BCUT2D eigenvalue weighted by Crippen LogP contribution is 2.16. The number of rotatable bonds is 7. The Morgan fingerprint density at radius 2 is 2.00 bits per heavy atom. The highest BCUT2D eigenvalue weighted by atomic mass is 16.3. The van der Waals surface area contributed by atoms with E-state index in [4.69, 9.17) is 0 Å². The molecule has 0 bridgehead atoms. The van der Waals surface area contributed by atoms with E-state index >= 15 is 0 Å². The van der Waals surface area contributed by atoms with Gasteiger partial charge in [-0.3, -0.25) is 4.79 Å². The van der Waals surface area contributed by atoms with Crippen molar-refractivity contribution in [2.75, 3.05) is 26.2 Å². The number of hydrogen-bond donors (Lipinski definition) is 2. The van der Waals surface area contributed by atoms with Crippen molar-refractivity contribution in [2.24, 2.45) is 0 Å². The van der Waals surface area contributed by atoms with E-state index in [9.17, 15) is 9.90 Å². The third kappa shape index (κ3) is 4.91. The fraction of sp³-hybridized carbons (Fsp3) is 0.533. The molecule has 19 heavy (non-hydrogen) atoms. The molecule has 0 aliphatic rings. The zero-order valence-electron chi connectivity index (χ0n) is 12.1. The van der Waals surface area contributed by atoms with Crippen LogP contribution in [0.1, 0.15) is 36.2 Å². The quantitative estimate of drug-likeness (QED) is 0.742. The number of phenols is 1. The first-order valence-corrected chi connectivity index (χ1v) is 6.88. The van der Waals surface area contributed by atoms with Gasteiger partial charge in [-0.25, -0.2) is 0 Å². The summed E-state index contributed by atoms with van der Waals surface area (Å²) in [5.74, 6) is 0.140. The molecule has 106 valence electrons. The molecule has 1 rings (SSSR count). The van der Waals surface area contributed by atoms with Gasteiger partial charge in [0.2, 0.25) is 0 Å². The summed E-state index contributed by atoms with van der Waals surface area (Å²) in [5, 5.41) is 12.3. The van der Waals surface area contributed by atoms with Crippen LogP contribution < -0.4 is 5.32 Å². The average Bonchev–Trinajstić information content (AvgIpc) is 2.42. The van der Waals surface area contributed by atoms with Crippen molar-refractivity contribution in [1.82, 2.24) is 10.2 Å². The Balaban J connectivity index is 2.37. The molecule has 0 radical (unpaired) electrons. The molecule has 4 heteroatoms. The summed E-state index contributed by atoms with van der Waals surface area (Å²) in [5.41, 5.74) is 1.31. The molecular weight excluding hydrogens is 240 g/mol. The van der Waals surface area contributed by atoms with Gasteiger partial charge >= 0.3 is 0 Å². The minimum absolute atomic E-state index is 0.0809. The Kier molecular flexibility index (Phi) is 6.36. The van der Waals surface area contributed by atoms with Crippen molar-refractivity contribution < 1.29 is 9.90 Å². The van der Waals surface area contributed by atoms with Gasteiger partial charge in [0, 0.05) is 12.1 Å². The third-order valence-electron chi connectivity index (χ3n) is 3.29. The maximum Gasteiger partial charge on any atom is 0.251 e. The van der Waals surface area contributed by atoms with E-state index in [1.165, 1.54) is 0 Å². The second-order valence-electron chi connectivity index (χ2n) is 4.64. The van der Waals surface area contributed by atoms with E-state index in [1.807, 2.05) is 0 Å². The van der Waals surface area contributed by atoms with E-state index in [0.717, 1.165) is 31.6 Å². The predicted molar refractivity (Wildman–Crippen MR) is 77.6 cm³/mol. The van der Waals surface area contributed by atoms with Crippen LogP contribution in [0.15, 0.2) is 18.2 Å². The van der Waals surface area contributed by atoms with Gasteiger partial charge < -0.3 is 15.3 Å². The van der Waals surface area contributed by atoms with Crippen molar-refractivity contribution >= 4 is 5.91 Å². The molecule has 2 N–H and O–H groups in total. The van der Waals surface area contributed by atoms with Gasteiger partial charge in [0.25, 0.3) is 5.91 Å². The van der Waals surface area contributed by atoms with Crippen molar-refractivity contribution in [3.05, 3.63) is 29.3 Å². The maximum absolute atomic E-state index is 11.9. The van der Waals surface area contributed by atoms with Crippen LogP contribution in [-0.2, 0) is 0 Å². The molecule has 1 aromatic rings. The molecule has 0 atom stereocenters. The molecule has 4 nitrogen and oxygen atoms in total. The molecule has 0 saturated heterocycles. The van der Waals surface area contributed by atoms with E-state index in [1.54, 1.807) is 25.1 Å². The van der Waals surface area contributed by atoms with Gasteiger partial charge in [0.1, 0.15) is 5.75 Å². The van der Waals surface area contributed by atoms with Crippen molar-refractivity contribution in [3.63, 3.8) is 0 Å². The van der Waals surface area contributed by atoms with E-state index in [-0.39, 0.29) is 11.7 Å². The van der Waals surface area contributed by atoms with E-state index < -0.39 is 0 Å². The summed E-state index contributed by atoms with van der Waals surface area (Å²) in [4.78, 5) is 14.2. The van der Waals surface area contributed by atoms with E-state index in [2.05, 4.69) is 24.1 Å². The summed E-state index contributed by atoms with van der Waals surface area (Å²) in [6, 6.07) is 4.90. The lowest BCUT2D eigenvalue weighted by atomic mass is 10.1. The SMILES string of the molecule is CCN(CC)CCCNC(=O)c1ccc(O)c(C)c1. The summed E-state index contributed by atoms with van der Waals surface area (Å²) < 4.78 is 0. The molecule has 0 aromatic heterocycles. The first kappa shape index (κ1) is 15.5. The van der Waals surface area contributed by atoms with Crippen LogP contribution >= 0.6 is 0 Å². The first-order chi connectivity index (χ1) is 9.08. The fourth-order valence-corrected chi connectivity index (χ4v) is 1.94. The first-order valence-electron chi connectivity index (χ1n) is 6.88. The van der Waals surface area contributed by atoms with Gasteiger partial charge in [0.05, 0.1) is 0 Å². The molecule has 0 heterocycles. The topological polar surface area (TPSA) is 52.6 Å². The Hall–Kier alpha value is -1.55. The summed E-state index contributed by atoms with van der Waals surface area (Å²) in [6.45, 7) is 9.83. The van der Waals surface area contributed by atoms with Crippen LogP contribution in [0.3, 0.4) is 0 Å². The summed E-state index contributed by atoms with van der Waals surface area (Å²) >= 11 is 0. The monoisotopic (exact) mass is 264 g/mol. The average molecular weight is 264 g/mol. The lowest BCUT2D eigenvalue weighted by Gasteiger charge is -2.17. The van der Waals surface area contributed by atoms with Crippen molar-refractivity contribution in [2.45, 2.75) is 27.2 Å². The Labute approximate surface area is 115 Å². The molecule has 0 spiro atoms. The maximum atomic E-state index is 11.9. The van der Waals surface area contributed by atoms with Gasteiger partial charge in [-0.15, -0.1) is 0 Å². The molecular formula is C15H24N2O2. The highest BCUT2D eigenvalue weighted by molar-refractivity contribution is 5.94. The number of carbonyl (C=O) groups excluding carboxylic acids is 1. The number of aryl methyl sites for hydroxylation is 1. The number of nitrogens with zero attached hydrogens (tertiary/aromatic N) is 1. The lowest BCUT2D eigenvalue weighted by Crippen LogP contribution is -2.29. The van der Waals surface area contributed by atoms with Crippen LogP contribution in [0.25, 0.3) is 0 Å². The van der Waals surface area contributed by atoms with Crippen LogP contribution in [0.4, 0.5) is 0 Å². The van der Waals surface area contributed by atoms with Crippen molar-refractivity contribution in [3.8, 4) is 5.75 Å². The molecule has 0 aliphatic carbocycles. The molecule has 0 fully saturated rings. The van der Waals surface area contributed by atoms with Gasteiger partial charge in [-0.1, -0.05) is 13.8 Å². The number of aromatic hydroxyl groups is 1. The van der Waals surface area contributed by atoms with Crippen LogP contribution in [0.5, 0.6) is 5.75 Å². The molecule has 1 aromatic carbocycles. The van der Waals surface area contributed by atoms with Gasteiger partial charge in [-0.2, -0.15) is 0 Å². The Morgan fingerprint density at radius 1 is 1.32 bits per heavy atom. The second kappa shape index (κ2) is 7.79. The third-order valence-corrected chi connectivity index (χ3v) is 3.29.